The van der Waals surface area contributed by atoms with Crippen molar-refractivity contribution in [2.45, 2.75) is 38.3 Å². The molecule has 2 unspecified atom stereocenters. The Kier molecular flexibility index (Phi) is 6.82. The molecular weight excluding hydrogens is 297 g/mol. The van der Waals surface area contributed by atoms with Crippen molar-refractivity contribution in [1.29, 1.82) is 0 Å². The van der Waals surface area contributed by atoms with Crippen molar-refractivity contribution in [3.05, 3.63) is 34.1 Å². The highest BCUT2D eigenvalue weighted by Crippen LogP contribution is 2.19. The van der Waals surface area contributed by atoms with Crippen LogP contribution in [-0.4, -0.2) is 26.3 Å². The van der Waals surface area contributed by atoms with E-state index in [0.29, 0.717) is 4.47 Å². The number of likely N-dealkylation sites (N-methyl/N-ethyl adjacent to an activating group) is 1. The van der Waals surface area contributed by atoms with Gasteiger partial charge in [0.2, 0.25) is 0 Å². The van der Waals surface area contributed by atoms with E-state index in [4.69, 9.17) is 4.74 Å². The van der Waals surface area contributed by atoms with Crippen LogP contribution in [0.3, 0.4) is 0 Å². The van der Waals surface area contributed by atoms with Gasteiger partial charge < -0.3 is 10.1 Å². The molecule has 0 aromatic heterocycles. The third-order valence-corrected chi connectivity index (χ3v) is 3.74. The first-order chi connectivity index (χ1) is 8.62. The number of nitrogens with one attached hydrogen (secondary N) is 1. The third-order valence-electron chi connectivity index (χ3n) is 3.14. The monoisotopic (exact) mass is 317 g/mol. The van der Waals surface area contributed by atoms with E-state index in [0.717, 1.165) is 24.8 Å². The van der Waals surface area contributed by atoms with Crippen molar-refractivity contribution < 1.29 is 9.13 Å². The maximum Gasteiger partial charge on any atom is 0.137 e. The fourth-order valence-corrected chi connectivity index (χ4v) is 2.53. The molecule has 0 radical (unpaired) electrons. The molecular formula is C14H21BrFNO. The molecule has 1 N–H and O–H groups in total. The summed E-state index contributed by atoms with van der Waals surface area (Å²) >= 11 is 3.22. The van der Waals surface area contributed by atoms with Crippen LogP contribution < -0.4 is 5.32 Å². The molecule has 0 aliphatic carbocycles. The van der Waals surface area contributed by atoms with Gasteiger partial charge in [-0.25, -0.2) is 4.39 Å². The molecule has 2 nitrogen and oxygen atoms in total. The number of hydrogen-bond donors (Lipinski definition) is 1. The Labute approximate surface area is 117 Å². The molecule has 0 fully saturated rings. The molecule has 0 amide bonds. The third kappa shape index (κ3) is 4.34. The van der Waals surface area contributed by atoms with Crippen molar-refractivity contribution in [1.82, 2.24) is 5.32 Å². The van der Waals surface area contributed by atoms with Gasteiger partial charge in [0.25, 0.3) is 0 Å². The molecule has 0 saturated carbocycles. The molecule has 1 rings (SSSR count). The van der Waals surface area contributed by atoms with Crippen molar-refractivity contribution in [2.24, 2.45) is 0 Å². The van der Waals surface area contributed by atoms with Crippen LogP contribution in [0.25, 0.3) is 0 Å². The summed E-state index contributed by atoms with van der Waals surface area (Å²) in [6.45, 7) is 2.15. The molecule has 102 valence electrons. The number of rotatable bonds is 7. The van der Waals surface area contributed by atoms with Gasteiger partial charge in [-0.3, -0.25) is 0 Å². The van der Waals surface area contributed by atoms with Gasteiger partial charge in [0.05, 0.1) is 10.6 Å². The fraction of sp³-hybridized carbons (Fsp3) is 0.571. The maximum absolute atomic E-state index is 13.2. The minimum atomic E-state index is -0.225. The summed E-state index contributed by atoms with van der Waals surface area (Å²) in [5.41, 5.74) is 1.10. The highest BCUT2D eigenvalue weighted by molar-refractivity contribution is 9.10. The summed E-state index contributed by atoms with van der Waals surface area (Å²) in [4.78, 5) is 0. The van der Waals surface area contributed by atoms with E-state index < -0.39 is 0 Å². The lowest BCUT2D eigenvalue weighted by atomic mass is 9.98. The standard InChI is InChI=1S/C14H21BrFNO/c1-4-5-14(18-3)13(17-2)9-10-6-7-12(16)11(15)8-10/h6-8,13-14,17H,4-5,9H2,1-3H3. The zero-order valence-corrected chi connectivity index (χ0v) is 12.8. The molecule has 0 spiro atoms. The van der Waals surface area contributed by atoms with Gasteiger partial charge in [-0.2, -0.15) is 0 Å². The highest BCUT2D eigenvalue weighted by atomic mass is 79.9. The SMILES string of the molecule is CCCC(OC)C(Cc1ccc(F)c(Br)c1)NC. The molecule has 18 heavy (non-hydrogen) atoms. The van der Waals surface area contributed by atoms with Gasteiger partial charge in [-0.05, 0) is 53.5 Å². The van der Waals surface area contributed by atoms with Crippen LogP contribution in [0.5, 0.6) is 0 Å². The number of ether oxygens (including phenoxy) is 1. The van der Waals surface area contributed by atoms with Gasteiger partial charge in [0, 0.05) is 13.2 Å². The van der Waals surface area contributed by atoms with Gasteiger partial charge in [-0.15, -0.1) is 0 Å². The van der Waals surface area contributed by atoms with E-state index in [2.05, 4.69) is 28.2 Å². The normalized spacial score (nSPS) is 14.5. The Bertz CT molecular complexity index is 373. The van der Waals surface area contributed by atoms with Crippen LogP contribution in [0, 0.1) is 5.82 Å². The summed E-state index contributed by atoms with van der Waals surface area (Å²) in [6.07, 6.45) is 3.12. The van der Waals surface area contributed by atoms with Crippen LogP contribution in [0.4, 0.5) is 4.39 Å². The highest BCUT2D eigenvalue weighted by Gasteiger charge is 2.19. The summed E-state index contributed by atoms with van der Waals surface area (Å²) in [7, 11) is 3.68. The van der Waals surface area contributed by atoms with E-state index in [1.165, 1.54) is 6.07 Å². The van der Waals surface area contributed by atoms with E-state index in [9.17, 15) is 4.39 Å². The summed E-state index contributed by atoms with van der Waals surface area (Å²) in [5, 5.41) is 3.29. The van der Waals surface area contributed by atoms with Gasteiger partial charge in [0.15, 0.2) is 0 Å². The lowest BCUT2D eigenvalue weighted by Crippen LogP contribution is -2.40. The van der Waals surface area contributed by atoms with Crippen LogP contribution in [0.1, 0.15) is 25.3 Å². The Morgan fingerprint density at radius 3 is 2.67 bits per heavy atom. The van der Waals surface area contributed by atoms with Crippen molar-refractivity contribution in [2.75, 3.05) is 14.2 Å². The minimum absolute atomic E-state index is 0.184. The molecule has 2 atom stereocenters. The maximum atomic E-state index is 13.2. The second kappa shape index (κ2) is 7.87. The predicted molar refractivity (Wildman–Crippen MR) is 76.4 cm³/mol. The molecule has 0 heterocycles. The second-order valence-electron chi connectivity index (χ2n) is 4.41. The van der Waals surface area contributed by atoms with E-state index in [1.54, 1.807) is 7.11 Å². The lowest BCUT2D eigenvalue weighted by Gasteiger charge is -2.25. The molecule has 0 bridgehead atoms. The van der Waals surface area contributed by atoms with Crippen molar-refractivity contribution >= 4 is 15.9 Å². The lowest BCUT2D eigenvalue weighted by molar-refractivity contribution is 0.0633. The molecule has 4 heteroatoms. The quantitative estimate of drug-likeness (QED) is 0.830. The van der Waals surface area contributed by atoms with Gasteiger partial charge in [-0.1, -0.05) is 19.4 Å². The van der Waals surface area contributed by atoms with E-state index >= 15 is 0 Å². The van der Waals surface area contributed by atoms with Crippen molar-refractivity contribution in [3.63, 3.8) is 0 Å². The topological polar surface area (TPSA) is 21.3 Å². The van der Waals surface area contributed by atoms with Crippen molar-refractivity contribution in [3.8, 4) is 0 Å². The Morgan fingerprint density at radius 1 is 1.44 bits per heavy atom. The molecule has 1 aromatic carbocycles. The average Bonchev–Trinajstić information content (AvgIpc) is 2.37. The Hall–Kier alpha value is -0.450. The number of halogens is 2. The zero-order valence-electron chi connectivity index (χ0n) is 11.2. The Morgan fingerprint density at radius 2 is 2.17 bits per heavy atom. The average molecular weight is 318 g/mol. The number of benzene rings is 1. The first kappa shape index (κ1) is 15.6. The largest absolute Gasteiger partial charge is 0.380 e. The van der Waals surface area contributed by atoms with Gasteiger partial charge >= 0.3 is 0 Å². The number of methoxy groups -OCH3 is 1. The van der Waals surface area contributed by atoms with Gasteiger partial charge in [0.1, 0.15) is 5.82 Å². The number of hydrogen-bond acceptors (Lipinski definition) is 2. The second-order valence-corrected chi connectivity index (χ2v) is 5.26. The summed E-state index contributed by atoms with van der Waals surface area (Å²) in [6, 6.07) is 5.39. The molecule has 0 aliphatic heterocycles. The molecule has 1 aromatic rings. The van der Waals surface area contributed by atoms with Crippen LogP contribution in [-0.2, 0) is 11.2 Å². The van der Waals surface area contributed by atoms with E-state index in [-0.39, 0.29) is 18.0 Å². The first-order valence-electron chi connectivity index (χ1n) is 6.26. The van der Waals surface area contributed by atoms with Crippen LogP contribution >= 0.6 is 15.9 Å². The fourth-order valence-electron chi connectivity index (χ4n) is 2.11. The van der Waals surface area contributed by atoms with Crippen LogP contribution in [0.15, 0.2) is 22.7 Å². The van der Waals surface area contributed by atoms with Crippen LogP contribution in [0.2, 0.25) is 0 Å². The zero-order chi connectivity index (χ0) is 13.5. The molecule has 0 saturated heterocycles. The summed E-state index contributed by atoms with van der Waals surface area (Å²) in [5.74, 6) is -0.225. The smallest absolute Gasteiger partial charge is 0.137 e. The predicted octanol–water partition coefficient (Wildman–Crippen LogP) is 3.53. The van der Waals surface area contributed by atoms with E-state index in [1.807, 2.05) is 19.2 Å². The minimum Gasteiger partial charge on any atom is -0.380 e. The first-order valence-corrected chi connectivity index (χ1v) is 7.05. The summed E-state index contributed by atoms with van der Waals surface area (Å²) < 4.78 is 19.2. The molecule has 0 aliphatic rings. The Balaban J connectivity index is 2.74.